The monoisotopic (exact) mass is 303 g/mol. The molecule has 1 aromatic heterocycles. The van der Waals surface area contributed by atoms with Crippen LogP contribution < -0.4 is 10.1 Å². The third-order valence-corrected chi connectivity index (χ3v) is 3.60. The molecule has 0 bridgehead atoms. The average molecular weight is 303 g/mol. The Morgan fingerprint density at radius 2 is 2.14 bits per heavy atom. The molecule has 2 atom stereocenters. The lowest BCUT2D eigenvalue weighted by molar-refractivity contribution is -0.125. The van der Waals surface area contributed by atoms with Gasteiger partial charge in [0.25, 0.3) is 0 Å². The van der Waals surface area contributed by atoms with Crippen LogP contribution in [0.5, 0.6) is 5.75 Å². The lowest BCUT2D eigenvalue weighted by Crippen LogP contribution is -2.34. The number of hydrogen-bond acceptors (Lipinski definition) is 5. The summed E-state index contributed by atoms with van der Waals surface area (Å²) in [6.07, 6.45) is 0.760. The first-order chi connectivity index (χ1) is 10.6. The van der Waals surface area contributed by atoms with Crippen LogP contribution in [0.3, 0.4) is 0 Å². The average Bonchev–Trinajstić information content (AvgIpc) is 2.97. The van der Waals surface area contributed by atoms with Gasteiger partial charge in [0.15, 0.2) is 5.82 Å². The number of rotatable bonds is 6. The van der Waals surface area contributed by atoms with E-state index in [1.54, 1.807) is 14.0 Å². The first-order valence-electron chi connectivity index (χ1n) is 7.30. The van der Waals surface area contributed by atoms with Crippen LogP contribution in [0.2, 0.25) is 0 Å². The number of carbonyl (C=O) groups is 1. The van der Waals surface area contributed by atoms with Crippen LogP contribution in [0.15, 0.2) is 28.8 Å². The first kappa shape index (κ1) is 16.0. The van der Waals surface area contributed by atoms with Crippen molar-refractivity contribution in [1.82, 2.24) is 15.5 Å². The molecule has 1 N–H and O–H groups in total. The van der Waals surface area contributed by atoms with Gasteiger partial charge in [0.1, 0.15) is 11.8 Å². The minimum absolute atomic E-state index is 0.0548. The maximum atomic E-state index is 12.3. The van der Waals surface area contributed by atoms with Crippen LogP contribution in [-0.2, 0) is 4.79 Å². The number of carbonyl (C=O) groups excluding carboxylic acids is 1. The van der Waals surface area contributed by atoms with E-state index in [0.29, 0.717) is 17.5 Å². The zero-order valence-corrected chi connectivity index (χ0v) is 13.3. The highest BCUT2D eigenvalue weighted by Crippen LogP contribution is 2.28. The highest BCUT2D eigenvalue weighted by Gasteiger charge is 2.26. The third-order valence-electron chi connectivity index (χ3n) is 3.60. The van der Waals surface area contributed by atoms with Crippen LogP contribution in [0, 0.1) is 12.8 Å². The Balaban J connectivity index is 2.39. The predicted octanol–water partition coefficient (Wildman–Crippen LogP) is 2.64. The van der Waals surface area contributed by atoms with Crippen molar-refractivity contribution < 1.29 is 14.1 Å². The second-order valence-corrected chi connectivity index (χ2v) is 5.16. The quantitative estimate of drug-likeness (QED) is 0.887. The number of para-hydroxylation sites is 1. The van der Waals surface area contributed by atoms with E-state index in [1.165, 1.54) is 0 Å². The van der Waals surface area contributed by atoms with E-state index in [-0.39, 0.29) is 11.8 Å². The SMILES string of the molecule is CC[C@@H](C)C(=O)N[C@H](c1noc(C)n1)c1ccccc1OC. The van der Waals surface area contributed by atoms with Crippen molar-refractivity contribution in [2.75, 3.05) is 7.11 Å². The Morgan fingerprint density at radius 3 is 2.73 bits per heavy atom. The second-order valence-electron chi connectivity index (χ2n) is 5.16. The smallest absolute Gasteiger partial charge is 0.223 e. The summed E-state index contributed by atoms with van der Waals surface area (Å²) >= 11 is 0. The molecule has 6 heteroatoms. The molecule has 22 heavy (non-hydrogen) atoms. The Bertz CT molecular complexity index is 639. The molecule has 118 valence electrons. The number of aryl methyl sites for hydroxylation is 1. The number of aromatic nitrogens is 2. The van der Waals surface area contributed by atoms with Gasteiger partial charge in [0, 0.05) is 18.4 Å². The number of amides is 1. The molecule has 0 aliphatic carbocycles. The summed E-state index contributed by atoms with van der Waals surface area (Å²) in [5.41, 5.74) is 0.794. The number of ether oxygens (including phenoxy) is 1. The van der Waals surface area contributed by atoms with Gasteiger partial charge in [-0.1, -0.05) is 37.2 Å². The zero-order chi connectivity index (χ0) is 16.1. The van der Waals surface area contributed by atoms with Crippen LogP contribution in [0.4, 0.5) is 0 Å². The summed E-state index contributed by atoms with van der Waals surface area (Å²) in [4.78, 5) is 16.6. The van der Waals surface area contributed by atoms with Gasteiger partial charge in [-0.25, -0.2) is 0 Å². The Hall–Kier alpha value is -2.37. The molecule has 1 amide bonds. The Morgan fingerprint density at radius 1 is 1.41 bits per heavy atom. The van der Waals surface area contributed by atoms with Gasteiger partial charge in [-0.05, 0) is 12.5 Å². The maximum Gasteiger partial charge on any atom is 0.223 e. The molecule has 0 unspecified atom stereocenters. The summed E-state index contributed by atoms with van der Waals surface area (Å²) in [7, 11) is 1.59. The molecule has 0 saturated heterocycles. The molecule has 1 heterocycles. The Kier molecular flexibility index (Phi) is 5.14. The third kappa shape index (κ3) is 3.44. The van der Waals surface area contributed by atoms with Gasteiger partial charge in [-0.2, -0.15) is 4.98 Å². The van der Waals surface area contributed by atoms with Crippen molar-refractivity contribution in [1.29, 1.82) is 0 Å². The molecular formula is C16H21N3O3. The summed E-state index contributed by atoms with van der Waals surface area (Å²) in [6.45, 7) is 5.57. The molecule has 0 aliphatic rings. The van der Waals surface area contributed by atoms with Gasteiger partial charge in [-0.3, -0.25) is 4.79 Å². The van der Waals surface area contributed by atoms with Crippen LogP contribution >= 0.6 is 0 Å². The van der Waals surface area contributed by atoms with E-state index in [9.17, 15) is 4.79 Å². The molecule has 2 aromatic rings. The van der Waals surface area contributed by atoms with Gasteiger partial charge >= 0.3 is 0 Å². The Labute approximate surface area is 129 Å². The van der Waals surface area contributed by atoms with E-state index in [1.807, 2.05) is 38.1 Å². The molecule has 0 aliphatic heterocycles. The van der Waals surface area contributed by atoms with Crippen molar-refractivity contribution in [3.63, 3.8) is 0 Å². The van der Waals surface area contributed by atoms with Crippen LogP contribution in [0.1, 0.15) is 43.6 Å². The molecular weight excluding hydrogens is 282 g/mol. The zero-order valence-electron chi connectivity index (χ0n) is 13.3. The summed E-state index contributed by atoms with van der Waals surface area (Å²) in [5.74, 6) is 1.39. The van der Waals surface area contributed by atoms with Crippen molar-refractivity contribution in [2.45, 2.75) is 33.2 Å². The van der Waals surface area contributed by atoms with Crippen molar-refractivity contribution in [3.8, 4) is 5.75 Å². The van der Waals surface area contributed by atoms with Crippen molar-refractivity contribution in [3.05, 3.63) is 41.5 Å². The predicted molar refractivity (Wildman–Crippen MR) is 81.5 cm³/mol. The number of nitrogens with one attached hydrogen (secondary N) is 1. The summed E-state index contributed by atoms with van der Waals surface area (Å²) in [5, 5.41) is 6.93. The topological polar surface area (TPSA) is 77.3 Å². The fourth-order valence-electron chi connectivity index (χ4n) is 2.09. The lowest BCUT2D eigenvalue weighted by Gasteiger charge is -2.20. The molecule has 0 spiro atoms. The molecule has 0 fully saturated rings. The van der Waals surface area contributed by atoms with Gasteiger partial charge < -0.3 is 14.6 Å². The highest BCUT2D eigenvalue weighted by atomic mass is 16.5. The van der Waals surface area contributed by atoms with E-state index < -0.39 is 6.04 Å². The number of benzene rings is 1. The largest absolute Gasteiger partial charge is 0.496 e. The first-order valence-corrected chi connectivity index (χ1v) is 7.30. The molecule has 0 radical (unpaired) electrons. The van der Waals surface area contributed by atoms with E-state index in [2.05, 4.69) is 15.5 Å². The fraction of sp³-hybridized carbons (Fsp3) is 0.438. The van der Waals surface area contributed by atoms with Gasteiger partial charge in [-0.15, -0.1) is 0 Å². The molecule has 6 nitrogen and oxygen atoms in total. The molecule has 0 saturated carbocycles. The summed E-state index contributed by atoms with van der Waals surface area (Å²) in [6, 6.07) is 6.97. The minimum atomic E-state index is -0.505. The number of hydrogen-bond donors (Lipinski definition) is 1. The minimum Gasteiger partial charge on any atom is -0.496 e. The van der Waals surface area contributed by atoms with Crippen molar-refractivity contribution >= 4 is 5.91 Å². The lowest BCUT2D eigenvalue weighted by atomic mass is 10.0. The van der Waals surface area contributed by atoms with E-state index in [4.69, 9.17) is 9.26 Å². The fourth-order valence-corrected chi connectivity index (χ4v) is 2.09. The molecule has 2 rings (SSSR count). The summed E-state index contributed by atoms with van der Waals surface area (Å²) < 4.78 is 10.4. The van der Waals surface area contributed by atoms with E-state index in [0.717, 1.165) is 12.0 Å². The maximum absolute atomic E-state index is 12.3. The van der Waals surface area contributed by atoms with Crippen molar-refractivity contribution in [2.24, 2.45) is 5.92 Å². The second kappa shape index (κ2) is 7.06. The molecule has 1 aromatic carbocycles. The number of nitrogens with zero attached hydrogens (tertiary/aromatic N) is 2. The van der Waals surface area contributed by atoms with Crippen LogP contribution in [-0.4, -0.2) is 23.2 Å². The van der Waals surface area contributed by atoms with Gasteiger partial charge in [0.2, 0.25) is 11.8 Å². The standard InChI is InChI=1S/C16H21N3O3/c1-5-10(2)16(20)18-14(15-17-11(3)22-19-15)12-8-6-7-9-13(12)21-4/h6-10,14H,5H2,1-4H3,(H,18,20)/t10-,14+/m1/s1. The normalized spacial score (nSPS) is 13.5. The van der Waals surface area contributed by atoms with Crippen LogP contribution in [0.25, 0.3) is 0 Å². The van der Waals surface area contributed by atoms with Gasteiger partial charge in [0.05, 0.1) is 7.11 Å². The van der Waals surface area contributed by atoms with E-state index >= 15 is 0 Å². The number of methoxy groups -OCH3 is 1. The highest BCUT2D eigenvalue weighted by molar-refractivity contribution is 5.79.